The van der Waals surface area contributed by atoms with Crippen LogP contribution >= 0.6 is 23.7 Å². The van der Waals surface area contributed by atoms with Gasteiger partial charge in [-0.05, 0) is 55.7 Å². The second kappa shape index (κ2) is 24.6. The highest BCUT2D eigenvalue weighted by Crippen LogP contribution is 2.28. The Balaban J connectivity index is 0.00000936. The third-order valence-corrected chi connectivity index (χ3v) is 9.87. The number of β-amino-alcohol motifs (C(OH)–C–C–N with tert-alkyl or cyclic N) is 1. The molecule has 3 atom stereocenters. The fourth-order valence-electron chi connectivity index (χ4n) is 5.92. The molecular formula is C38H62ClN5O7S. The van der Waals surface area contributed by atoms with Crippen molar-refractivity contribution >= 4 is 41.5 Å². The van der Waals surface area contributed by atoms with E-state index < -0.39 is 23.6 Å². The molecule has 1 aromatic heterocycles. The molecule has 294 valence electrons. The molecule has 5 N–H and O–H groups in total. The van der Waals surface area contributed by atoms with Crippen molar-refractivity contribution in [2.24, 2.45) is 11.1 Å². The van der Waals surface area contributed by atoms with Crippen molar-refractivity contribution in [1.29, 1.82) is 0 Å². The van der Waals surface area contributed by atoms with Gasteiger partial charge in [0.05, 0.1) is 48.6 Å². The van der Waals surface area contributed by atoms with Crippen molar-refractivity contribution in [2.45, 2.75) is 110 Å². The van der Waals surface area contributed by atoms with Crippen molar-refractivity contribution in [3.05, 3.63) is 41.0 Å². The van der Waals surface area contributed by atoms with Gasteiger partial charge in [-0.2, -0.15) is 0 Å². The number of rotatable bonds is 24. The smallest absolute Gasteiger partial charge is 0.246 e. The topological polar surface area (TPSA) is 165 Å². The van der Waals surface area contributed by atoms with Gasteiger partial charge in [-0.15, -0.1) is 23.7 Å². The number of hydrogen-bond acceptors (Lipinski definition) is 10. The number of aliphatic hydroxyl groups excluding tert-OH is 1. The first-order valence-electron chi connectivity index (χ1n) is 18.5. The summed E-state index contributed by atoms with van der Waals surface area (Å²) < 4.78 is 16.7. The summed E-state index contributed by atoms with van der Waals surface area (Å²) in [5, 5.41) is 16.4. The van der Waals surface area contributed by atoms with Crippen LogP contribution in [-0.2, 0) is 35.1 Å². The molecule has 1 aromatic carbocycles. The Morgan fingerprint density at radius 3 is 2.12 bits per heavy atom. The number of carbonyl (C=O) groups is 3. The van der Waals surface area contributed by atoms with Crippen LogP contribution in [0.4, 0.5) is 0 Å². The highest BCUT2D eigenvalue weighted by molar-refractivity contribution is 7.13. The summed E-state index contributed by atoms with van der Waals surface area (Å²) in [6.45, 7) is 12.2. The molecule has 2 heterocycles. The standard InChI is InChI=1S/C38H61N5O7S.ClH/c1-28-34(51-27-41-28)30-15-13-29(14-16-30)25-40-36(46)32-24-31(44)26-43(32)37(47)35(38(2,3)4)42-33(45)12-8-7-11-19-49-21-23-50-22-20-48-18-10-6-5-9-17-39;/h13-16,27,31-32,35,44H,5-12,17-26,39H2,1-4H3,(H,40,46)(H,42,45);1H/t31-,32+,35-;/m1./s1. The number of aromatic nitrogens is 1. The lowest BCUT2D eigenvalue weighted by Crippen LogP contribution is -2.57. The number of aryl methyl sites for hydroxylation is 1. The first kappa shape index (κ1) is 45.5. The number of carbonyl (C=O) groups excluding carboxylic acids is 3. The van der Waals surface area contributed by atoms with Crippen LogP contribution in [0.3, 0.4) is 0 Å². The zero-order chi connectivity index (χ0) is 37.1. The quantitative estimate of drug-likeness (QED) is 0.110. The van der Waals surface area contributed by atoms with Gasteiger partial charge in [0.15, 0.2) is 0 Å². The largest absolute Gasteiger partial charge is 0.391 e. The monoisotopic (exact) mass is 767 g/mol. The highest BCUT2D eigenvalue weighted by atomic mass is 35.5. The minimum atomic E-state index is -0.844. The number of nitrogens with zero attached hydrogens (tertiary/aromatic N) is 2. The minimum absolute atomic E-state index is 0. The van der Waals surface area contributed by atoms with Crippen LogP contribution in [-0.4, -0.2) is 104 Å². The lowest BCUT2D eigenvalue weighted by atomic mass is 9.85. The van der Waals surface area contributed by atoms with Gasteiger partial charge in [0.25, 0.3) is 0 Å². The predicted molar refractivity (Wildman–Crippen MR) is 207 cm³/mol. The number of thiazole rings is 1. The summed E-state index contributed by atoms with van der Waals surface area (Å²) >= 11 is 1.59. The highest BCUT2D eigenvalue weighted by Gasteiger charge is 2.44. The van der Waals surface area contributed by atoms with Crippen molar-refractivity contribution < 1.29 is 33.7 Å². The number of halogens is 1. The Morgan fingerprint density at radius 2 is 1.54 bits per heavy atom. The average molecular weight is 768 g/mol. The van der Waals surface area contributed by atoms with E-state index >= 15 is 0 Å². The molecule has 1 aliphatic rings. The first-order chi connectivity index (χ1) is 24.5. The van der Waals surface area contributed by atoms with E-state index in [1.54, 1.807) is 11.3 Å². The first-order valence-corrected chi connectivity index (χ1v) is 19.4. The maximum atomic E-state index is 13.9. The van der Waals surface area contributed by atoms with E-state index in [1.807, 2.05) is 57.5 Å². The number of likely N-dealkylation sites (tertiary alicyclic amines) is 1. The lowest BCUT2D eigenvalue weighted by molar-refractivity contribution is -0.144. The van der Waals surface area contributed by atoms with Gasteiger partial charge in [-0.3, -0.25) is 14.4 Å². The average Bonchev–Trinajstić information content (AvgIpc) is 3.72. The summed E-state index contributed by atoms with van der Waals surface area (Å²) in [7, 11) is 0. The fraction of sp³-hybridized carbons (Fsp3) is 0.684. The van der Waals surface area contributed by atoms with E-state index in [0.717, 1.165) is 73.4 Å². The van der Waals surface area contributed by atoms with Crippen LogP contribution in [0.25, 0.3) is 10.4 Å². The molecule has 52 heavy (non-hydrogen) atoms. The van der Waals surface area contributed by atoms with E-state index in [0.29, 0.717) is 46.0 Å². The third-order valence-electron chi connectivity index (χ3n) is 8.89. The van der Waals surface area contributed by atoms with Crippen LogP contribution in [0.15, 0.2) is 29.8 Å². The molecule has 0 bridgehead atoms. The molecule has 0 radical (unpaired) electrons. The number of benzene rings is 1. The van der Waals surface area contributed by atoms with E-state index in [9.17, 15) is 19.5 Å². The van der Waals surface area contributed by atoms with Crippen LogP contribution < -0.4 is 16.4 Å². The molecule has 3 amide bonds. The minimum Gasteiger partial charge on any atom is -0.391 e. The van der Waals surface area contributed by atoms with Crippen molar-refractivity contribution in [3.8, 4) is 10.4 Å². The maximum Gasteiger partial charge on any atom is 0.246 e. The molecule has 1 aliphatic heterocycles. The molecular weight excluding hydrogens is 706 g/mol. The number of nitrogens with one attached hydrogen (secondary N) is 2. The Bertz CT molecular complexity index is 1320. The molecule has 3 rings (SSSR count). The summed E-state index contributed by atoms with van der Waals surface area (Å²) in [5.74, 6) is -0.908. The molecule has 1 saturated heterocycles. The van der Waals surface area contributed by atoms with E-state index in [2.05, 4.69) is 15.6 Å². The van der Waals surface area contributed by atoms with Crippen molar-refractivity contribution in [3.63, 3.8) is 0 Å². The number of nitrogens with two attached hydrogens (primary N) is 1. The molecule has 0 unspecified atom stereocenters. The van der Waals surface area contributed by atoms with Gasteiger partial charge in [0.2, 0.25) is 17.7 Å². The predicted octanol–water partition coefficient (Wildman–Crippen LogP) is 4.78. The molecule has 1 fully saturated rings. The van der Waals surface area contributed by atoms with E-state index in [1.165, 1.54) is 4.90 Å². The Morgan fingerprint density at radius 1 is 0.942 bits per heavy atom. The van der Waals surface area contributed by atoms with Crippen LogP contribution in [0, 0.1) is 12.3 Å². The summed E-state index contributed by atoms with van der Waals surface area (Å²) in [4.78, 5) is 47.0. The summed E-state index contributed by atoms with van der Waals surface area (Å²) in [6, 6.07) is 6.26. The van der Waals surface area contributed by atoms with Gasteiger partial charge in [0.1, 0.15) is 12.1 Å². The number of amides is 3. The van der Waals surface area contributed by atoms with Gasteiger partial charge in [0, 0.05) is 39.1 Å². The van der Waals surface area contributed by atoms with Gasteiger partial charge >= 0.3 is 0 Å². The number of ether oxygens (including phenoxy) is 3. The SMILES string of the molecule is Cc1ncsc1-c1ccc(CNC(=O)[C@@H]2C[C@@H](O)CN2C(=O)[C@@H](NC(=O)CCCCCOCCOCCOCCCCCCN)C(C)(C)C)cc1.Cl. The summed E-state index contributed by atoms with van der Waals surface area (Å²) in [6.07, 6.45) is 6.33. The van der Waals surface area contributed by atoms with E-state index in [4.69, 9.17) is 19.9 Å². The normalized spacial score (nSPS) is 16.4. The van der Waals surface area contributed by atoms with Crippen LogP contribution in [0.2, 0.25) is 0 Å². The van der Waals surface area contributed by atoms with E-state index in [-0.39, 0.29) is 49.5 Å². The van der Waals surface area contributed by atoms with Crippen LogP contribution in [0.1, 0.15) is 89.8 Å². The van der Waals surface area contributed by atoms with Crippen molar-refractivity contribution in [2.75, 3.05) is 52.7 Å². The molecule has 14 heteroatoms. The molecule has 2 aromatic rings. The summed E-state index contributed by atoms with van der Waals surface area (Å²) in [5.41, 5.74) is 9.68. The Labute approximate surface area is 320 Å². The molecule has 0 spiro atoms. The van der Waals surface area contributed by atoms with Crippen molar-refractivity contribution in [1.82, 2.24) is 20.5 Å². The zero-order valence-corrected chi connectivity index (χ0v) is 33.2. The fourth-order valence-corrected chi connectivity index (χ4v) is 6.74. The van der Waals surface area contributed by atoms with Gasteiger partial charge < -0.3 is 40.6 Å². The molecule has 0 aliphatic carbocycles. The maximum absolute atomic E-state index is 13.9. The second-order valence-electron chi connectivity index (χ2n) is 14.3. The Kier molecular flexibility index (Phi) is 21.5. The number of unbranched alkanes of at least 4 members (excludes halogenated alkanes) is 5. The molecule has 0 saturated carbocycles. The lowest BCUT2D eigenvalue weighted by Gasteiger charge is -2.35. The number of aliphatic hydroxyl groups is 1. The second-order valence-corrected chi connectivity index (χ2v) is 15.1. The number of hydrogen-bond donors (Lipinski definition) is 4. The van der Waals surface area contributed by atoms with Gasteiger partial charge in [-0.1, -0.05) is 64.3 Å². The Hall–Kier alpha value is -2.65. The zero-order valence-electron chi connectivity index (χ0n) is 31.5. The van der Waals surface area contributed by atoms with Gasteiger partial charge in [-0.25, -0.2) is 4.98 Å². The third kappa shape index (κ3) is 16.2. The van der Waals surface area contributed by atoms with Crippen LogP contribution in [0.5, 0.6) is 0 Å². The molecule has 12 nitrogen and oxygen atoms in total.